The summed E-state index contributed by atoms with van der Waals surface area (Å²) in [6.07, 6.45) is 6.25. The van der Waals surface area contributed by atoms with Gasteiger partial charge in [0, 0.05) is 0 Å². The molecule has 3 aliphatic carbocycles. The van der Waals surface area contributed by atoms with Crippen molar-refractivity contribution in [1.29, 1.82) is 0 Å². The molecule has 3 rings (SSSR count). The van der Waals surface area contributed by atoms with Crippen LogP contribution in [0.4, 0.5) is 0 Å². The molecule has 0 heteroatoms. The zero-order chi connectivity index (χ0) is 7.64. The van der Waals surface area contributed by atoms with Crippen molar-refractivity contribution in [3.63, 3.8) is 0 Å². The lowest BCUT2D eigenvalue weighted by Gasteiger charge is -2.71. The topological polar surface area (TPSA) is 0 Å². The standard InChI is InChI=1S/C11H18/c1-7-3-8-5-10-6-9(4-7)11(8,10)2/h7-10H,3-6H2,1-2H3. The van der Waals surface area contributed by atoms with E-state index in [4.69, 9.17) is 0 Å². The molecule has 0 heterocycles. The second-order valence-corrected chi connectivity index (χ2v) is 5.50. The highest BCUT2D eigenvalue weighted by molar-refractivity contribution is 5.13. The summed E-state index contributed by atoms with van der Waals surface area (Å²) in [5.74, 6) is 4.47. The van der Waals surface area contributed by atoms with Crippen LogP contribution in [-0.2, 0) is 0 Å². The predicted molar refractivity (Wildman–Crippen MR) is 46.2 cm³/mol. The Balaban J connectivity index is 1.88. The first kappa shape index (κ1) is 6.51. The van der Waals surface area contributed by atoms with E-state index in [0.717, 1.165) is 29.1 Å². The SMILES string of the molecule is CC1CC2CC3CC(C1)C23C. The van der Waals surface area contributed by atoms with Gasteiger partial charge in [-0.05, 0) is 54.8 Å². The van der Waals surface area contributed by atoms with E-state index in [9.17, 15) is 0 Å². The third kappa shape index (κ3) is 0.554. The third-order valence-corrected chi connectivity index (χ3v) is 5.15. The van der Waals surface area contributed by atoms with Gasteiger partial charge in [0.1, 0.15) is 0 Å². The van der Waals surface area contributed by atoms with Crippen LogP contribution in [0.2, 0.25) is 0 Å². The molecule has 62 valence electrons. The van der Waals surface area contributed by atoms with Gasteiger partial charge < -0.3 is 0 Å². The van der Waals surface area contributed by atoms with E-state index in [1.54, 1.807) is 25.7 Å². The summed E-state index contributed by atoms with van der Waals surface area (Å²) in [6.45, 7) is 5.01. The van der Waals surface area contributed by atoms with Crippen molar-refractivity contribution in [3.8, 4) is 0 Å². The highest BCUT2D eigenvalue weighted by Gasteiger charge is 2.64. The van der Waals surface area contributed by atoms with E-state index < -0.39 is 0 Å². The number of hydrogen-bond donors (Lipinski definition) is 0. The monoisotopic (exact) mass is 150 g/mol. The van der Waals surface area contributed by atoms with E-state index >= 15 is 0 Å². The molecule has 0 bridgehead atoms. The van der Waals surface area contributed by atoms with Gasteiger partial charge in [-0.25, -0.2) is 0 Å². The molecule has 0 aromatic heterocycles. The van der Waals surface area contributed by atoms with Crippen molar-refractivity contribution in [2.75, 3.05) is 0 Å². The van der Waals surface area contributed by atoms with E-state index in [1.165, 1.54) is 0 Å². The van der Waals surface area contributed by atoms with Crippen LogP contribution in [0, 0.1) is 29.1 Å². The number of rotatable bonds is 0. The van der Waals surface area contributed by atoms with Crippen LogP contribution in [0.15, 0.2) is 0 Å². The number of hydrogen-bond acceptors (Lipinski definition) is 0. The van der Waals surface area contributed by atoms with Crippen LogP contribution in [0.1, 0.15) is 39.5 Å². The van der Waals surface area contributed by atoms with Crippen LogP contribution >= 0.6 is 0 Å². The summed E-state index contributed by atoms with van der Waals surface area (Å²) < 4.78 is 0. The van der Waals surface area contributed by atoms with Crippen molar-refractivity contribution in [2.24, 2.45) is 29.1 Å². The van der Waals surface area contributed by atoms with E-state index in [0.29, 0.717) is 0 Å². The third-order valence-electron chi connectivity index (χ3n) is 5.15. The van der Waals surface area contributed by atoms with Gasteiger partial charge in [0.25, 0.3) is 0 Å². The van der Waals surface area contributed by atoms with Crippen LogP contribution in [0.5, 0.6) is 0 Å². The van der Waals surface area contributed by atoms with Gasteiger partial charge in [0.05, 0.1) is 0 Å². The molecule has 11 heavy (non-hydrogen) atoms. The molecule has 0 aliphatic heterocycles. The zero-order valence-corrected chi connectivity index (χ0v) is 7.64. The van der Waals surface area contributed by atoms with Crippen LogP contribution < -0.4 is 0 Å². The minimum Gasteiger partial charge on any atom is -0.0625 e. The summed E-state index contributed by atoms with van der Waals surface area (Å²) in [6, 6.07) is 0. The van der Waals surface area contributed by atoms with Crippen molar-refractivity contribution in [1.82, 2.24) is 0 Å². The van der Waals surface area contributed by atoms with E-state index in [2.05, 4.69) is 13.8 Å². The molecule has 0 nitrogen and oxygen atoms in total. The van der Waals surface area contributed by atoms with Gasteiger partial charge in [0.15, 0.2) is 0 Å². The first-order valence-electron chi connectivity index (χ1n) is 5.21. The Morgan fingerprint density at radius 3 is 1.82 bits per heavy atom. The molecule has 0 amide bonds. The maximum Gasteiger partial charge on any atom is -0.0240 e. The second-order valence-electron chi connectivity index (χ2n) is 5.50. The molecule has 2 unspecified atom stereocenters. The maximum absolute atomic E-state index is 2.56. The maximum atomic E-state index is 2.56. The summed E-state index contributed by atoms with van der Waals surface area (Å²) >= 11 is 0. The average molecular weight is 150 g/mol. The largest absolute Gasteiger partial charge is 0.0625 e. The Morgan fingerprint density at radius 1 is 0.909 bits per heavy atom. The quantitative estimate of drug-likeness (QED) is 0.498. The first-order valence-corrected chi connectivity index (χ1v) is 5.21. The Hall–Kier alpha value is 0. The van der Waals surface area contributed by atoms with Gasteiger partial charge in [0.2, 0.25) is 0 Å². The summed E-state index contributed by atoms with van der Waals surface area (Å²) in [4.78, 5) is 0. The molecule has 0 aromatic carbocycles. The van der Waals surface area contributed by atoms with Crippen LogP contribution in [0.25, 0.3) is 0 Å². The normalized spacial score (nSPS) is 66.0. The Labute approximate surface area is 69.4 Å². The predicted octanol–water partition coefficient (Wildman–Crippen LogP) is 3.08. The molecular weight excluding hydrogens is 132 g/mol. The van der Waals surface area contributed by atoms with Gasteiger partial charge in [-0.2, -0.15) is 0 Å². The zero-order valence-electron chi connectivity index (χ0n) is 7.64. The highest BCUT2D eigenvalue weighted by Crippen LogP contribution is 2.72. The fourth-order valence-electron chi connectivity index (χ4n) is 4.25. The molecule has 3 fully saturated rings. The van der Waals surface area contributed by atoms with Crippen LogP contribution in [0.3, 0.4) is 0 Å². The minimum absolute atomic E-state index is 0.854. The molecule has 0 N–H and O–H groups in total. The van der Waals surface area contributed by atoms with Crippen molar-refractivity contribution in [2.45, 2.75) is 39.5 Å². The average Bonchev–Trinajstić information content (AvgIpc) is 1.94. The molecule has 0 saturated heterocycles. The minimum atomic E-state index is 0.854. The highest BCUT2D eigenvalue weighted by atomic mass is 14.7. The van der Waals surface area contributed by atoms with Crippen molar-refractivity contribution in [3.05, 3.63) is 0 Å². The lowest BCUT2D eigenvalue weighted by molar-refractivity contribution is -0.220. The smallest absolute Gasteiger partial charge is 0.0240 e. The Morgan fingerprint density at radius 2 is 1.36 bits per heavy atom. The van der Waals surface area contributed by atoms with E-state index in [-0.39, 0.29) is 0 Å². The first-order chi connectivity index (χ1) is 5.21. The molecule has 0 radical (unpaired) electrons. The fraction of sp³-hybridized carbons (Fsp3) is 1.00. The van der Waals surface area contributed by atoms with Crippen LogP contribution in [-0.4, -0.2) is 0 Å². The Bertz CT molecular complexity index is 178. The van der Waals surface area contributed by atoms with Gasteiger partial charge >= 0.3 is 0 Å². The fourth-order valence-corrected chi connectivity index (χ4v) is 4.25. The van der Waals surface area contributed by atoms with Crippen molar-refractivity contribution >= 4 is 0 Å². The van der Waals surface area contributed by atoms with Crippen molar-refractivity contribution < 1.29 is 0 Å². The molecular formula is C11H18. The lowest BCUT2D eigenvalue weighted by Crippen LogP contribution is -2.63. The molecule has 3 saturated carbocycles. The summed E-state index contributed by atoms with van der Waals surface area (Å²) in [5.41, 5.74) is 0.854. The second kappa shape index (κ2) is 1.67. The van der Waals surface area contributed by atoms with Gasteiger partial charge in [-0.3, -0.25) is 0 Å². The Kier molecular flexibility index (Phi) is 0.990. The summed E-state index contributed by atoms with van der Waals surface area (Å²) in [5, 5.41) is 0. The van der Waals surface area contributed by atoms with E-state index in [1.807, 2.05) is 0 Å². The summed E-state index contributed by atoms with van der Waals surface area (Å²) in [7, 11) is 0. The lowest BCUT2D eigenvalue weighted by atomic mass is 9.34. The van der Waals surface area contributed by atoms with Gasteiger partial charge in [-0.1, -0.05) is 13.8 Å². The molecule has 0 spiro atoms. The molecule has 0 aromatic rings. The molecule has 3 aliphatic rings. The molecule has 2 atom stereocenters. The van der Waals surface area contributed by atoms with Gasteiger partial charge in [-0.15, -0.1) is 0 Å².